The first-order valence-corrected chi connectivity index (χ1v) is 12.5. The minimum atomic E-state index is -0.428. The number of aromatic nitrogens is 1. The number of halogens is 1. The summed E-state index contributed by atoms with van der Waals surface area (Å²) in [5.41, 5.74) is 3.03. The maximum atomic E-state index is 12.9. The van der Waals surface area contributed by atoms with Crippen molar-refractivity contribution in [3.63, 3.8) is 0 Å². The number of phenols is 1. The van der Waals surface area contributed by atoms with Gasteiger partial charge in [-0.05, 0) is 43.2 Å². The predicted octanol–water partition coefficient (Wildman–Crippen LogP) is 4.87. The van der Waals surface area contributed by atoms with E-state index < -0.39 is 5.63 Å². The third-order valence-corrected chi connectivity index (χ3v) is 7.55. The topological polar surface area (TPSA) is 67.8 Å². The van der Waals surface area contributed by atoms with E-state index in [1.807, 2.05) is 35.7 Å². The molecular weight excluding hydrogens is 488 g/mol. The van der Waals surface area contributed by atoms with E-state index in [1.54, 1.807) is 12.1 Å². The van der Waals surface area contributed by atoms with Crippen molar-refractivity contribution in [1.29, 1.82) is 0 Å². The summed E-state index contributed by atoms with van der Waals surface area (Å²) in [5.74, 6) is 0.852. The van der Waals surface area contributed by atoms with Crippen molar-refractivity contribution in [2.24, 2.45) is 5.92 Å². The molecule has 1 aliphatic heterocycles. The number of quaternary nitrogens is 1. The molecule has 2 aromatic carbocycles. The number of fused-ring (bicyclic) bond motifs is 1. The van der Waals surface area contributed by atoms with Gasteiger partial charge in [-0.2, -0.15) is 0 Å². The van der Waals surface area contributed by atoms with Gasteiger partial charge < -0.3 is 14.4 Å². The van der Waals surface area contributed by atoms with Gasteiger partial charge in [0.1, 0.15) is 17.3 Å². The lowest BCUT2D eigenvalue weighted by Gasteiger charge is -2.28. The first kappa shape index (κ1) is 21.4. The van der Waals surface area contributed by atoms with Gasteiger partial charge >= 0.3 is 5.63 Å². The molecule has 1 aliphatic rings. The monoisotopic (exact) mass is 511 g/mol. The van der Waals surface area contributed by atoms with Crippen LogP contribution in [0.25, 0.3) is 32.8 Å². The molecule has 1 saturated heterocycles. The Hall–Kier alpha value is -2.48. The first-order valence-electron chi connectivity index (χ1n) is 10.8. The standard InChI is InChI=1S/C25H23BrN2O3S/c1-15-3-2-10-28(12-15)13-20-22(29)9-6-17-11-19(25(30)31-23(17)20)24-27-21(14-32-24)16-4-7-18(26)8-5-16/h4-9,11,14-15,29H,2-3,10,12-13H2,1H3/p+1/t15-/m0/s1. The van der Waals surface area contributed by atoms with Gasteiger partial charge in [0, 0.05) is 26.7 Å². The quantitative estimate of drug-likeness (QED) is 0.383. The van der Waals surface area contributed by atoms with Crippen molar-refractivity contribution in [1.82, 2.24) is 4.98 Å². The Balaban J connectivity index is 1.51. The lowest BCUT2D eigenvalue weighted by molar-refractivity contribution is -0.922. The minimum absolute atomic E-state index is 0.186. The molecule has 1 fully saturated rings. The second-order valence-electron chi connectivity index (χ2n) is 8.60. The molecule has 2 N–H and O–H groups in total. The number of benzene rings is 2. The molecule has 1 unspecified atom stereocenters. The Morgan fingerprint density at radius 3 is 2.84 bits per heavy atom. The van der Waals surface area contributed by atoms with Crippen molar-refractivity contribution in [2.45, 2.75) is 26.3 Å². The molecule has 7 heteroatoms. The Labute approximate surface area is 198 Å². The molecule has 2 aromatic heterocycles. The van der Waals surface area contributed by atoms with Gasteiger partial charge in [-0.3, -0.25) is 0 Å². The van der Waals surface area contributed by atoms with Crippen LogP contribution in [-0.4, -0.2) is 23.2 Å². The molecular formula is C25H24BrN2O3S+. The SMILES string of the molecule is C[C@H]1CCC[NH+](Cc2c(O)ccc3cc(-c4nc(-c5ccc(Br)cc5)cs4)c(=O)oc23)C1. The van der Waals surface area contributed by atoms with Crippen LogP contribution < -0.4 is 10.5 Å². The predicted molar refractivity (Wildman–Crippen MR) is 131 cm³/mol. The first-order chi connectivity index (χ1) is 15.5. The highest BCUT2D eigenvalue weighted by Gasteiger charge is 2.24. The largest absolute Gasteiger partial charge is 0.507 e. The number of rotatable bonds is 4. The fraction of sp³-hybridized carbons (Fsp3) is 0.280. The van der Waals surface area contributed by atoms with Crippen molar-refractivity contribution < 1.29 is 14.4 Å². The normalized spacial score (nSPS) is 18.8. The molecule has 0 saturated carbocycles. The molecule has 164 valence electrons. The number of hydrogen-bond acceptors (Lipinski definition) is 5. The van der Waals surface area contributed by atoms with Gasteiger partial charge in [0.05, 0.1) is 29.9 Å². The summed E-state index contributed by atoms with van der Waals surface area (Å²) >= 11 is 4.87. The van der Waals surface area contributed by atoms with Crippen LogP contribution in [0.15, 0.2) is 61.5 Å². The third kappa shape index (κ3) is 4.25. The summed E-state index contributed by atoms with van der Waals surface area (Å²) < 4.78 is 6.80. The number of aromatic hydroxyl groups is 1. The van der Waals surface area contributed by atoms with E-state index in [2.05, 4.69) is 27.8 Å². The summed E-state index contributed by atoms with van der Waals surface area (Å²) in [6.07, 6.45) is 2.43. The van der Waals surface area contributed by atoms with Crippen molar-refractivity contribution >= 4 is 38.2 Å². The summed E-state index contributed by atoms with van der Waals surface area (Å²) in [5, 5.41) is 13.9. The van der Waals surface area contributed by atoms with Crippen LogP contribution in [0.4, 0.5) is 0 Å². The Bertz CT molecular complexity index is 1330. The summed E-state index contributed by atoms with van der Waals surface area (Å²) in [7, 11) is 0. The van der Waals surface area contributed by atoms with Gasteiger partial charge in [-0.15, -0.1) is 11.3 Å². The van der Waals surface area contributed by atoms with Crippen molar-refractivity contribution in [3.8, 4) is 27.6 Å². The fourth-order valence-electron chi connectivity index (χ4n) is 4.51. The van der Waals surface area contributed by atoms with Gasteiger partial charge in [-0.25, -0.2) is 9.78 Å². The lowest BCUT2D eigenvalue weighted by Crippen LogP contribution is -3.12. The zero-order valence-corrected chi connectivity index (χ0v) is 20.1. The Morgan fingerprint density at radius 2 is 2.06 bits per heavy atom. The van der Waals surface area contributed by atoms with E-state index in [-0.39, 0.29) is 5.75 Å². The van der Waals surface area contributed by atoms with E-state index >= 15 is 0 Å². The van der Waals surface area contributed by atoms with Crippen LogP contribution in [0.3, 0.4) is 0 Å². The highest BCUT2D eigenvalue weighted by molar-refractivity contribution is 9.10. The molecule has 0 amide bonds. The number of nitrogens with one attached hydrogen (secondary N) is 1. The van der Waals surface area contributed by atoms with Crippen LogP contribution in [0.1, 0.15) is 25.3 Å². The number of likely N-dealkylation sites (tertiary alicyclic amines) is 1. The summed E-state index contributed by atoms with van der Waals surface area (Å²) in [6, 6.07) is 13.3. The van der Waals surface area contributed by atoms with Crippen molar-refractivity contribution in [3.05, 3.63) is 68.3 Å². The second-order valence-corrected chi connectivity index (χ2v) is 10.4. The van der Waals surface area contributed by atoms with E-state index in [1.165, 1.54) is 29.1 Å². The number of piperidine rings is 1. The van der Waals surface area contributed by atoms with Gasteiger partial charge in [0.15, 0.2) is 5.58 Å². The number of nitrogens with zero attached hydrogens (tertiary/aromatic N) is 1. The van der Waals surface area contributed by atoms with E-state index in [0.29, 0.717) is 34.2 Å². The van der Waals surface area contributed by atoms with Crippen LogP contribution >= 0.6 is 27.3 Å². The average Bonchev–Trinajstić information content (AvgIpc) is 3.26. The molecule has 2 atom stereocenters. The molecule has 4 aromatic rings. The van der Waals surface area contributed by atoms with Crippen LogP contribution in [0, 0.1) is 5.92 Å². The molecule has 3 heterocycles. The molecule has 0 aliphatic carbocycles. The van der Waals surface area contributed by atoms with Crippen LogP contribution in [-0.2, 0) is 6.54 Å². The second kappa shape index (κ2) is 8.81. The maximum absolute atomic E-state index is 12.9. The molecule has 5 nitrogen and oxygen atoms in total. The third-order valence-electron chi connectivity index (χ3n) is 6.15. The highest BCUT2D eigenvalue weighted by atomic mass is 79.9. The Morgan fingerprint density at radius 1 is 1.25 bits per heavy atom. The van der Waals surface area contributed by atoms with Gasteiger partial charge in [0.2, 0.25) is 0 Å². The summed E-state index contributed by atoms with van der Waals surface area (Å²) in [4.78, 5) is 19.0. The molecule has 0 bridgehead atoms. The van der Waals surface area contributed by atoms with E-state index in [0.717, 1.165) is 34.2 Å². The average molecular weight is 512 g/mol. The molecule has 32 heavy (non-hydrogen) atoms. The zero-order valence-electron chi connectivity index (χ0n) is 17.7. The molecule has 0 radical (unpaired) electrons. The van der Waals surface area contributed by atoms with E-state index in [9.17, 15) is 9.90 Å². The van der Waals surface area contributed by atoms with Crippen molar-refractivity contribution in [2.75, 3.05) is 13.1 Å². The summed E-state index contributed by atoms with van der Waals surface area (Å²) in [6.45, 7) is 5.06. The number of phenolic OH excluding ortho intramolecular Hbond substituents is 1. The number of thiazole rings is 1. The van der Waals surface area contributed by atoms with E-state index in [4.69, 9.17) is 4.42 Å². The van der Waals surface area contributed by atoms with Crippen LogP contribution in [0.5, 0.6) is 5.75 Å². The molecule has 0 spiro atoms. The fourth-order valence-corrected chi connectivity index (χ4v) is 5.61. The number of hydrogen-bond donors (Lipinski definition) is 2. The smallest absolute Gasteiger partial charge is 0.346 e. The molecule has 5 rings (SSSR count). The minimum Gasteiger partial charge on any atom is -0.507 e. The maximum Gasteiger partial charge on any atom is 0.346 e. The van der Waals surface area contributed by atoms with Gasteiger partial charge in [0.25, 0.3) is 0 Å². The van der Waals surface area contributed by atoms with Gasteiger partial charge in [-0.1, -0.05) is 35.0 Å². The zero-order chi connectivity index (χ0) is 22.2. The van der Waals surface area contributed by atoms with Crippen LogP contribution in [0.2, 0.25) is 0 Å². The lowest BCUT2D eigenvalue weighted by atomic mass is 9.99. The highest BCUT2D eigenvalue weighted by Crippen LogP contribution is 2.32. The Kier molecular flexibility index (Phi) is 5.88.